The highest BCUT2D eigenvalue weighted by Gasteiger charge is 2.38. The number of benzene rings is 2. The summed E-state index contributed by atoms with van der Waals surface area (Å²) in [5, 5.41) is 9.69. The lowest BCUT2D eigenvalue weighted by Crippen LogP contribution is -2.60. The summed E-state index contributed by atoms with van der Waals surface area (Å²) >= 11 is 5.65. The minimum atomic E-state index is -1.22. The number of ether oxygens (including phenoxy) is 1. The van der Waals surface area contributed by atoms with Gasteiger partial charge >= 0.3 is 5.97 Å². The lowest BCUT2D eigenvalue weighted by Gasteiger charge is -2.37. The van der Waals surface area contributed by atoms with E-state index >= 15 is 0 Å². The van der Waals surface area contributed by atoms with Crippen molar-refractivity contribution in [3.05, 3.63) is 48.0 Å². The Kier molecular flexibility index (Phi) is 13.9. The highest BCUT2D eigenvalue weighted by molar-refractivity contribution is 6.27. The highest BCUT2D eigenvalue weighted by atomic mass is 35.5. The van der Waals surface area contributed by atoms with Gasteiger partial charge in [-0.05, 0) is 48.4 Å². The zero-order chi connectivity index (χ0) is 34.5. The summed E-state index contributed by atoms with van der Waals surface area (Å²) in [4.78, 5) is 89.9. The Morgan fingerprint density at radius 2 is 1.60 bits per heavy atom. The van der Waals surface area contributed by atoms with Gasteiger partial charge in [0.15, 0.2) is 0 Å². The maximum Gasteiger partial charge on any atom is 0.305 e. The molecule has 0 aromatic heterocycles. The van der Waals surface area contributed by atoms with Crippen LogP contribution in [0.3, 0.4) is 0 Å². The Balaban J connectivity index is 1.87. The number of hydrogen-bond donors (Lipinski definition) is 5. The van der Waals surface area contributed by atoms with Gasteiger partial charge < -0.3 is 37.1 Å². The summed E-state index contributed by atoms with van der Waals surface area (Å²) in [5.41, 5.74) is 11.4. The summed E-state index contributed by atoms with van der Waals surface area (Å²) < 4.78 is 4.67. The normalized spacial score (nSPS) is 16.3. The van der Waals surface area contributed by atoms with Crippen LogP contribution < -0.4 is 27.4 Å². The third-order valence-electron chi connectivity index (χ3n) is 7.93. The Morgan fingerprint density at radius 3 is 2.26 bits per heavy atom. The molecular weight excluding hydrogens is 632 g/mol. The number of likely N-dealkylation sites (tertiary alicyclic amines) is 1. The van der Waals surface area contributed by atoms with E-state index in [1.807, 2.05) is 42.5 Å². The first kappa shape index (κ1) is 36.7. The minimum Gasteiger partial charge on any atom is -0.469 e. The number of nitrogens with two attached hydrogens (primary N) is 2. The van der Waals surface area contributed by atoms with Gasteiger partial charge in [-0.25, -0.2) is 0 Å². The molecule has 1 aliphatic rings. The monoisotopic (exact) mass is 672 g/mol. The first-order valence-corrected chi connectivity index (χ1v) is 15.9. The van der Waals surface area contributed by atoms with E-state index in [2.05, 4.69) is 20.7 Å². The van der Waals surface area contributed by atoms with Crippen LogP contribution in [0.25, 0.3) is 10.8 Å². The van der Waals surface area contributed by atoms with Gasteiger partial charge in [0.2, 0.25) is 35.4 Å². The van der Waals surface area contributed by atoms with Gasteiger partial charge in [-0.3, -0.25) is 33.6 Å². The van der Waals surface area contributed by atoms with E-state index in [1.165, 1.54) is 12.0 Å². The second-order valence-corrected chi connectivity index (χ2v) is 11.6. The highest BCUT2D eigenvalue weighted by Crippen LogP contribution is 2.21. The maximum atomic E-state index is 13.9. The first-order valence-electron chi connectivity index (χ1n) is 15.3. The molecule has 1 heterocycles. The Bertz CT molecular complexity index is 1490. The standard InChI is InChI=1S/C32H41ClN6O8/c1-47-28(42)14-12-23(36-27(41)18-33)32(46)39-15-5-4-8-25(39)31(45)38-24(30(44)37-22(29(35)43)11-13-26(34)40)17-19-9-10-20-6-2-3-7-21(20)16-19/h2-3,6-7,9-10,16,22-25H,4-5,8,11-15,17-18H2,1H3,(H2,34,40)(H2,35,43)(H,36,41)(H,37,44)(H,38,45)/t22-,23-,24-,25-/m0/s1. The average Bonchev–Trinajstić information content (AvgIpc) is 3.06. The first-order chi connectivity index (χ1) is 22.4. The molecule has 0 spiro atoms. The molecule has 3 rings (SSSR count). The number of piperidine rings is 1. The lowest BCUT2D eigenvalue weighted by atomic mass is 9.97. The van der Waals surface area contributed by atoms with Gasteiger partial charge in [0.1, 0.15) is 30.0 Å². The van der Waals surface area contributed by atoms with Gasteiger partial charge in [0.05, 0.1) is 7.11 Å². The van der Waals surface area contributed by atoms with Crippen LogP contribution in [0.1, 0.15) is 50.5 Å². The Labute approximate surface area is 277 Å². The number of fused-ring (bicyclic) bond motifs is 1. The van der Waals surface area contributed by atoms with Crippen molar-refractivity contribution < 1.29 is 38.3 Å². The Hall–Kier alpha value is -4.72. The van der Waals surface area contributed by atoms with Crippen LogP contribution in [-0.2, 0) is 44.7 Å². The number of carbonyl (C=O) groups excluding carboxylic acids is 7. The molecular formula is C32H41ClN6O8. The fraction of sp³-hybridized carbons (Fsp3) is 0.469. The number of esters is 1. The molecule has 7 N–H and O–H groups in total. The molecule has 0 bridgehead atoms. The predicted octanol–water partition coefficient (Wildman–Crippen LogP) is 0.161. The van der Waals surface area contributed by atoms with Crippen molar-refractivity contribution in [3.63, 3.8) is 0 Å². The molecule has 2 aromatic rings. The zero-order valence-electron chi connectivity index (χ0n) is 26.2. The van der Waals surface area contributed by atoms with Crippen LogP contribution >= 0.6 is 11.6 Å². The number of halogens is 1. The minimum absolute atomic E-state index is 0.0257. The Morgan fingerprint density at radius 1 is 0.894 bits per heavy atom. The number of nitrogens with zero attached hydrogens (tertiary/aromatic N) is 1. The molecule has 1 saturated heterocycles. The second kappa shape index (κ2) is 17.8. The third kappa shape index (κ3) is 10.9. The van der Waals surface area contributed by atoms with Crippen LogP contribution in [0.15, 0.2) is 42.5 Å². The van der Waals surface area contributed by atoms with E-state index in [0.29, 0.717) is 18.4 Å². The van der Waals surface area contributed by atoms with Gasteiger partial charge in [0.25, 0.3) is 0 Å². The van der Waals surface area contributed by atoms with Crippen molar-refractivity contribution in [3.8, 4) is 0 Å². The van der Waals surface area contributed by atoms with Gasteiger partial charge in [0, 0.05) is 25.8 Å². The molecule has 254 valence electrons. The summed E-state index contributed by atoms with van der Waals surface area (Å²) in [7, 11) is 1.20. The van der Waals surface area contributed by atoms with E-state index in [-0.39, 0.29) is 45.1 Å². The smallest absolute Gasteiger partial charge is 0.305 e. The van der Waals surface area contributed by atoms with Crippen LogP contribution in [0, 0.1) is 0 Å². The summed E-state index contributed by atoms with van der Waals surface area (Å²) in [6.07, 6.45) is 0.933. The topological polar surface area (TPSA) is 220 Å². The quantitative estimate of drug-likeness (QED) is 0.122. The predicted molar refractivity (Wildman–Crippen MR) is 172 cm³/mol. The number of nitrogens with one attached hydrogen (secondary N) is 3. The lowest BCUT2D eigenvalue weighted by molar-refractivity contribution is -0.146. The van der Waals surface area contributed by atoms with Crippen molar-refractivity contribution in [2.75, 3.05) is 19.5 Å². The van der Waals surface area contributed by atoms with E-state index in [0.717, 1.165) is 10.8 Å². The molecule has 1 aliphatic heterocycles. The fourth-order valence-corrected chi connectivity index (χ4v) is 5.52. The van der Waals surface area contributed by atoms with Gasteiger partial charge in [-0.1, -0.05) is 42.5 Å². The number of amides is 6. The SMILES string of the molecule is COC(=O)CC[C@H](NC(=O)CCl)C(=O)N1CCCC[C@H]1C(=O)N[C@@H](Cc1ccc2ccccc2c1)C(=O)N[C@@H](CCC(N)=O)C(N)=O. The molecule has 0 saturated carbocycles. The maximum absolute atomic E-state index is 13.9. The summed E-state index contributed by atoms with van der Waals surface area (Å²) in [6, 6.07) is 8.61. The van der Waals surface area contributed by atoms with Gasteiger partial charge in [-0.15, -0.1) is 11.6 Å². The molecule has 0 aliphatic carbocycles. The molecule has 1 fully saturated rings. The van der Waals surface area contributed by atoms with Crippen molar-refractivity contribution in [2.24, 2.45) is 11.5 Å². The molecule has 4 atom stereocenters. The summed E-state index contributed by atoms with van der Waals surface area (Å²) in [6.45, 7) is 0.195. The third-order valence-corrected chi connectivity index (χ3v) is 8.18. The van der Waals surface area contributed by atoms with Crippen molar-refractivity contribution in [1.29, 1.82) is 0 Å². The number of hydrogen-bond acceptors (Lipinski definition) is 8. The van der Waals surface area contributed by atoms with E-state index in [9.17, 15) is 33.6 Å². The van der Waals surface area contributed by atoms with Crippen LogP contribution in [0.4, 0.5) is 0 Å². The molecule has 14 nitrogen and oxygen atoms in total. The average molecular weight is 673 g/mol. The number of rotatable bonds is 16. The molecule has 0 radical (unpaired) electrons. The largest absolute Gasteiger partial charge is 0.469 e. The van der Waals surface area contributed by atoms with Crippen LogP contribution in [-0.4, -0.2) is 90.0 Å². The van der Waals surface area contributed by atoms with Crippen molar-refractivity contribution >= 4 is 63.8 Å². The molecule has 2 aromatic carbocycles. The second-order valence-electron chi connectivity index (χ2n) is 11.3. The summed E-state index contributed by atoms with van der Waals surface area (Å²) in [5.74, 6) is -5.10. The van der Waals surface area contributed by atoms with Crippen LogP contribution in [0.2, 0.25) is 0 Å². The zero-order valence-corrected chi connectivity index (χ0v) is 26.9. The number of methoxy groups -OCH3 is 1. The van der Waals surface area contributed by atoms with Crippen LogP contribution in [0.5, 0.6) is 0 Å². The number of carbonyl (C=O) groups is 7. The fourth-order valence-electron chi connectivity index (χ4n) is 5.45. The van der Waals surface area contributed by atoms with Crippen molar-refractivity contribution in [1.82, 2.24) is 20.9 Å². The molecule has 47 heavy (non-hydrogen) atoms. The molecule has 6 amide bonds. The van der Waals surface area contributed by atoms with Gasteiger partial charge in [-0.2, -0.15) is 0 Å². The van der Waals surface area contributed by atoms with E-state index in [4.69, 9.17) is 23.1 Å². The van der Waals surface area contributed by atoms with Crippen molar-refractivity contribution in [2.45, 2.75) is 75.5 Å². The van der Waals surface area contributed by atoms with E-state index < -0.39 is 71.5 Å². The molecule has 0 unspecified atom stereocenters. The molecule has 15 heteroatoms. The number of alkyl halides is 1. The van der Waals surface area contributed by atoms with E-state index in [1.54, 1.807) is 0 Å². The number of primary amides is 2.